The quantitative estimate of drug-likeness (QED) is 0.469. The van der Waals surface area contributed by atoms with Gasteiger partial charge in [-0.25, -0.2) is 0 Å². The number of anilines is 1. The van der Waals surface area contributed by atoms with E-state index in [1.54, 1.807) is 28.6 Å². The van der Waals surface area contributed by atoms with Crippen molar-refractivity contribution in [2.75, 3.05) is 18.0 Å². The Kier molecular flexibility index (Phi) is 5.58. The standard InChI is InChI=1S/C26H29N7O/c1-17-15-33(23-12-25(34)30(4)24-16-31(10-9-27)29-26(23)24)18(2)14-32(17)19(3)22-11-20-7-5-6-8-21(20)13-28-22/h5-8,11-13,16-19H,10,14-15H2,1-4H3/t17-,18+,19?/m1/s1. The zero-order valence-electron chi connectivity index (χ0n) is 20.0. The second kappa shape index (κ2) is 8.58. The van der Waals surface area contributed by atoms with Crippen LogP contribution < -0.4 is 10.5 Å². The second-order valence-corrected chi connectivity index (χ2v) is 9.32. The van der Waals surface area contributed by atoms with Gasteiger partial charge in [0.05, 0.1) is 29.2 Å². The van der Waals surface area contributed by atoms with Gasteiger partial charge in [0.1, 0.15) is 12.1 Å². The molecule has 5 rings (SSSR count). The molecular weight excluding hydrogens is 426 g/mol. The predicted molar refractivity (Wildman–Crippen MR) is 134 cm³/mol. The molecule has 174 valence electrons. The summed E-state index contributed by atoms with van der Waals surface area (Å²) in [5.41, 5.74) is 3.33. The molecule has 1 aromatic carbocycles. The summed E-state index contributed by atoms with van der Waals surface area (Å²) in [6.07, 6.45) is 3.74. The SMILES string of the molecule is CC(c1cc2ccccc2cn1)N1C[C@H](C)N(c2cc(=O)n(C)c3cn(CC#N)nc23)C[C@H]1C. The molecule has 0 saturated carbocycles. The van der Waals surface area contributed by atoms with Crippen molar-refractivity contribution in [3.05, 3.63) is 64.8 Å². The fourth-order valence-corrected chi connectivity index (χ4v) is 5.14. The maximum Gasteiger partial charge on any atom is 0.252 e. The number of pyridine rings is 2. The molecule has 8 nitrogen and oxygen atoms in total. The number of nitriles is 1. The van der Waals surface area contributed by atoms with Crippen LogP contribution in [-0.2, 0) is 13.6 Å². The second-order valence-electron chi connectivity index (χ2n) is 9.32. The Balaban J connectivity index is 1.45. The molecule has 1 unspecified atom stereocenters. The maximum atomic E-state index is 12.7. The van der Waals surface area contributed by atoms with Crippen molar-refractivity contribution in [2.45, 2.75) is 45.4 Å². The van der Waals surface area contributed by atoms with Crippen LogP contribution >= 0.6 is 0 Å². The Morgan fingerprint density at radius 1 is 1.15 bits per heavy atom. The molecule has 1 fully saturated rings. The van der Waals surface area contributed by atoms with E-state index in [4.69, 9.17) is 10.2 Å². The van der Waals surface area contributed by atoms with E-state index in [1.165, 1.54) is 5.39 Å². The molecule has 0 N–H and O–H groups in total. The van der Waals surface area contributed by atoms with Gasteiger partial charge >= 0.3 is 0 Å². The maximum absolute atomic E-state index is 12.7. The molecular formula is C26H29N7O. The molecule has 0 aliphatic carbocycles. The summed E-state index contributed by atoms with van der Waals surface area (Å²) in [6.45, 7) is 8.39. The average molecular weight is 456 g/mol. The number of fused-ring (bicyclic) bond motifs is 2. The monoisotopic (exact) mass is 455 g/mol. The lowest BCUT2D eigenvalue weighted by atomic mass is 10.0. The van der Waals surface area contributed by atoms with E-state index in [0.29, 0.717) is 0 Å². The van der Waals surface area contributed by atoms with Gasteiger partial charge in [-0.3, -0.25) is 19.4 Å². The number of piperazine rings is 1. The van der Waals surface area contributed by atoms with Crippen molar-refractivity contribution in [3.8, 4) is 6.07 Å². The third kappa shape index (κ3) is 3.72. The van der Waals surface area contributed by atoms with E-state index in [1.807, 2.05) is 12.3 Å². The van der Waals surface area contributed by atoms with Crippen LogP contribution in [0.1, 0.15) is 32.5 Å². The Hall–Kier alpha value is -3.70. The van der Waals surface area contributed by atoms with E-state index < -0.39 is 0 Å². The number of hydrogen-bond acceptors (Lipinski definition) is 6. The van der Waals surface area contributed by atoms with Crippen molar-refractivity contribution in [1.82, 2.24) is 24.2 Å². The van der Waals surface area contributed by atoms with Gasteiger partial charge in [0.15, 0.2) is 0 Å². The molecule has 4 heterocycles. The molecule has 0 radical (unpaired) electrons. The first-order chi connectivity index (χ1) is 16.4. The highest BCUT2D eigenvalue weighted by molar-refractivity contribution is 5.88. The Bertz CT molecular complexity index is 1460. The zero-order valence-corrected chi connectivity index (χ0v) is 20.0. The number of rotatable bonds is 4. The van der Waals surface area contributed by atoms with Crippen molar-refractivity contribution in [3.63, 3.8) is 0 Å². The molecule has 1 saturated heterocycles. The summed E-state index contributed by atoms with van der Waals surface area (Å²) in [5, 5.41) is 16.1. The minimum Gasteiger partial charge on any atom is -0.364 e. The van der Waals surface area contributed by atoms with E-state index in [9.17, 15) is 4.79 Å². The lowest BCUT2D eigenvalue weighted by Gasteiger charge is -2.47. The zero-order chi connectivity index (χ0) is 24.0. The summed E-state index contributed by atoms with van der Waals surface area (Å²) in [5.74, 6) is 0. The minimum absolute atomic E-state index is 0.0741. The van der Waals surface area contributed by atoms with Gasteiger partial charge in [-0.15, -0.1) is 0 Å². The highest BCUT2D eigenvalue weighted by Crippen LogP contribution is 2.32. The third-order valence-corrected chi connectivity index (χ3v) is 7.09. The number of aryl methyl sites for hydroxylation is 1. The third-order valence-electron chi connectivity index (χ3n) is 7.09. The number of nitrogens with zero attached hydrogens (tertiary/aromatic N) is 7. The molecule has 34 heavy (non-hydrogen) atoms. The highest BCUT2D eigenvalue weighted by Gasteiger charge is 2.34. The Labute approximate surface area is 198 Å². The molecule has 0 spiro atoms. The van der Waals surface area contributed by atoms with Gasteiger partial charge in [-0.2, -0.15) is 10.4 Å². The average Bonchev–Trinajstić information content (AvgIpc) is 3.26. The minimum atomic E-state index is -0.0741. The summed E-state index contributed by atoms with van der Waals surface area (Å²) < 4.78 is 3.20. The lowest BCUT2D eigenvalue weighted by Crippen LogP contribution is -2.57. The van der Waals surface area contributed by atoms with Gasteiger partial charge in [0.2, 0.25) is 0 Å². The summed E-state index contributed by atoms with van der Waals surface area (Å²) >= 11 is 0. The fraction of sp³-hybridized carbons (Fsp3) is 0.385. The molecule has 8 heteroatoms. The van der Waals surface area contributed by atoms with Crippen molar-refractivity contribution >= 4 is 27.5 Å². The van der Waals surface area contributed by atoms with E-state index in [2.05, 4.69) is 66.0 Å². The summed E-state index contributed by atoms with van der Waals surface area (Å²) in [6, 6.07) is 14.9. The van der Waals surface area contributed by atoms with Crippen LogP contribution in [0.2, 0.25) is 0 Å². The molecule has 1 aliphatic heterocycles. The van der Waals surface area contributed by atoms with Crippen LogP contribution in [0.5, 0.6) is 0 Å². The van der Waals surface area contributed by atoms with Crippen molar-refractivity contribution in [2.24, 2.45) is 7.05 Å². The van der Waals surface area contributed by atoms with Gasteiger partial charge in [-0.1, -0.05) is 24.3 Å². The largest absolute Gasteiger partial charge is 0.364 e. The van der Waals surface area contributed by atoms with Gasteiger partial charge in [0.25, 0.3) is 5.56 Å². The van der Waals surface area contributed by atoms with Crippen LogP contribution in [-0.4, -0.2) is 49.4 Å². The first-order valence-electron chi connectivity index (χ1n) is 11.7. The van der Waals surface area contributed by atoms with Crippen LogP contribution in [0.3, 0.4) is 0 Å². The van der Waals surface area contributed by atoms with Crippen LogP contribution in [0.15, 0.2) is 53.6 Å². The topological polar surface area (TPSA) is 83.0 Å². The summed E-state index contributed by atoms with van der Waals surface area (Å²) in [7, 11) is 1.75. The first kappa shape index (κ1) is 22.1. The Morgan fingerprint density at radius 3 is 2.68 bits per heavy atom. The number of benzene rings is 1. The van der Waals surface area contributed by atoms with E-state index in [-0.39, 0.29) is 30.2 Å². The smallest absolute Gasteiger partial charge is 0.252 e. The van der Waals surface area contributed by atoms with E-state index >= 15 is 0 Å². The normalized spacial score (nSPS) is 20.0. The first-order valence-corrected chi connectivity index (χ1v) is 11.7. The highest BCUT2D eigenvalue weighted by atomic mass is 16.1. The van der Waals surface area contributed by atoms with Crippen molar-refractivity contribution < 1.29 is 0 Å². The van der Waals surface area contributed by atoms with E-state index in [0.717, 1.165) is 40.9 Å². The van der Waals surface area contributed by atoms with Crippen molar-refractivity contribution in [1.29, 1.82) is 5.26 Å². The van der Waals surface area contributed by atoms with Gasteiger partial charge in [-0.05, 0) is 32.2 Å². The van der Waals surface area contributed by atoms with Crippen LogP contribution in [0.25, 0.3) is 21.8 Å². The lowest BCUT2D eigenvalue weighted by molar-refractivity contribution is 0.117. The van der Waals surface area contributed by atoms with Crippen LogP contribution in [0.4, 0.5) is 5.69 Å². The molecule has 0 amide bonds. The molecule has 4 aromatic rings. The molecule has 3 aromatic heterocycles. The van der Waals surface area contributed by atoms with Crippen LogP contribution in [0, 0.1) is 11.3 Å². The molecule has 3 atom stereocenters. The Morgan fingerprint density at radius 2 is 1.91 bits per heavy atom. The number of hydrogen-bond donors (Lipinski definition) is 0. The molecule has 1 aliphatic rings. The molecule has 0 bridgehead atoms. The fourth-order valence-electron chi connectivity index (χ4n) is 5.14. The van der Waals surface area contributed by atoms with Gasteiger partial charge in [0, 0.05) is 55.9 Å². The van der Waals surface area contributed by atoms with Gasteiger partial charge < -0.3 is 9.47 Å². The number of aromatic nitrogens is 4. The predicted octanol–water partition coefficient (Wildman–Crippen LogP) is 3.47. The summed E-state index contributed by atoms with van der Waals surface area (Å²) in [4.78, 5) is 22.3.